The monoisotopic (exact) mass is 376 g/mol. The van der Waals surface area contributed by atoms with Gasteiger partial charge >= 0.3 is 0 Å². The molecular formula is C22H23F3O2. The van der Waals surface area contributed by atoms with Gasteiger partial charge in [0, 0.05) is 5.56 Å². The second kappa shape index (κ2) is 7.28. The molecule has 0 radical (unpaired) electrons. The Labute approximate surface area is 157 Å². The highest BCUT2D eigenvalue weighted by molar-refractivity contribution is 5.33. The molecule has 2 fully saturated rings. The van der Waals surface area contributed by atoms with Gasteiger partial charge in [-0.05, 0) is 67.2 Å². The van der Waals surface area contributed by atoms with Gasteiger partial charge in [-0.1, -0.05) is 24.3 Å². The van der Waals surface area contributed by atoms with E-state index in [1.54, 1.807) is 12.1 Å². The molecule has 1 saturated heterocycles. The van der Waals surface area contributed by atoms with Crippen LogP contribution < -0.4 is 0 Å². The summed E-state index contributed by atoms with van der Waals surface area (Å²) in [6, 6.07) is 8.36. The predicted octanol–water partition coefficient (Wildman–Crippen LogP) is 5.67. The van der Waals surface area contributed by atoms with Crippen molar-refractivity contribution in [2.75, 3.05) is 6.61 Å². The molecule has 4 rings (SSSR count). The molecule has 2 aromatic carbocycles. The van der Waals surface area contributed by atoms with Gasteiger partial charge in [-0.3, -0.25) is 0 Å². The first-order valence-electron chi connectivity index (χ1n) is 9.52. The zero-order valence-electron chi connectivity index (χ0n) is 15.2. The molecule has 0 amide bonds. The van der Waals surface area contributed by atoms with Crippen LogP contribution in [0.1, 0.15) is 78.9 Å². The molecule has 0 bridgehead atoms. The van der Waals surface area contributed by atoms with Crippen LogP contribution in [0.2, 0.25) is 0 Å². The Morgan fingerprint density at radius 2 is 1.52 bits per heavy atom. The Morgan fingerprint density at radius 1 is 0.926 bits per heavy atom. The number of halogens is 3. The van der Waals surface area contributed by atoms with Crippen LogP contribution in [0.15, 0.2) is 30.3 Å². The molecule has 5 heteroatoms. The van der Waals surface area contributed by atoms with E-state index in [4.69, 9.17) is 4.74 Å². The maximum absolute atomic E-state index is 14.5. The van der Waals surface area contributed by atoms with Gasteiger partial charge in [0.05, 0.1) is 12.7 Å². The molecule has 2 atom stereocenters. The first kappa shape index (κ1) is 18.5. The SMILES string of the molecule is CC(O)c1ccc(C2CCC(c3ccc(C4CO4)cc3F)CC2)c(F)c1F. The molecule has 1 aliphatic heterocycles. The Bertz CT molecular complexity index is 838. The van der Waals surface area contributed by atoms with Crippen molar-refractivity contribution in [1.82, 2.24) is 0 Å². The lowest BCUT2D eigenvalue weighted by Crippen LogP contribution is -2.15. The zero-order chi connectivity index (χ0) is 19.1. The molecule has 2 aliphatic rings. The van der Waals surface area contributed by atoms with E-state index in [9.17, 15) is 18.3 Å². The minimum absolute atomic E-state index is 0.0215. The Morgan fingerprint density at radius 3 is 2.07 bits per heavy atom. The van der Waals surface area contributed by atoms with E-state index >= 15 is 0 Å². The van der Waals surface area contributed by atoms with Crippen LogP contribution in [-0.4, -0.2) is 11.7 Å². The molecule has 27 heavy (non-hydrogen) atoms. The largest absolute Gasteiger partial charge is 0.389 e. The van der Waals surface area contributed by atoms with Crippen molar-refractivity contribution < 1.29 is 23.0 Å². The molecule has 1 saturated carbocycles. The van der Waals surface area contributed by atoms with Crippen LogP contribution in [-0.2, 0) is 4.74 Å². The van der Waals surface area contributed by atoms with E-state index in [2.05, 4.69) is 0 Å². The van der Waals surface area contributed by atoms with Crippen LogP contribution >= 0.6 is 0 Å². The Balaban J connectivity index is 1.47. The van der Waals surface area contributed by atoms with Crippen molar-refractivity contribution in [3.63, 3.8) is 0 Å². The first-order valence-corrected chi connectivity index (χ1v) is 9.52. The van der Waals surface area contributed by atoms with Gasteiger partial charge in [0.1, 0.15) is 11.9 Å². The van der Waals surface area contributed by atoms with E-state index in [0.29, 0.717) is 30.6 Å². The van der Waals surface area contributed by atoms with Crippen LogP contribution in [0.25, 0.3) is 0 Å². The highest BCUT2D eigenvalue weighted by atomic mass is 19.2. The number of ether oxygens (including phenoxy) is 1. The number of benzene rings is 2. The lowest BCUT2D eigenvalue weighted by molar-refractivity contribution is 0.192. The Hall–Kier alpha value is -1.85. The fourth-order valence-corrected chi connectivity index (χ4v) is 4.25. The highest BCUT2D eigenvalue weighted by Crippen LogP contribution is 2.43. The van der Waals surface area contributed by atoms with Gasteiger partial charge in [0.15, 0.2) is 11.6 Å². The summed E-state index contributed by atoms with van der Waals surface area (Å²) in [6.45, 7) is 2.07. The molecule has 2 aromatic rings. The molecule has 0 aromatic heterocycles. The third kappa shape index (κ3) is 3.63. The molecule has 0 spiro atoms. The fourth-order valence-electron chi connectivity index (χ4n) is 4.25. The molecule has 1 aliphatic carbocycles. The zero-order valence-corrected chi connectivity index (χ0v) is 15.2. The van der Waals surface area contributed by atoms with Crippen molar-refractivity contribution in [2.45, 2.75) is 56.7 Å². The highest BCUT2D eigenvalue weighted by Gasteiger charge is 2.30. The maximum Gasteiger partial charge on any atom is 0.164 e. The molecule has 2 unspecified atom stereocenters. The van der Waals surface area contributed by atoms with Crippen LogP contribution in [0.5, 0.6) is 0 Å². The number of rotatable bonds is 4. The topological polar surface area (TPSA) is 32.8 Å². The van der Waals surface area contributed by atoms with Gasteiger partial charge in [-0.2, -0.15) is 0 Å². The standard InChI is InChI=1S/C22H23F3O2/c1-12(26)16-8-9-18(22(25)21(16)24)14-4-2-13(3-5-14)17-7-6-15(10-19(17)23)20-11-27-20/h6-10,12-14,20,26H,2-5,11H2,1H3. The average molecular weight is 376 g/mol. The van der Waals surface area contributed by atoms with Crippen molar-refractivity contribution in [2.24, 2.45) is 0 Å². The van der Waals surface area contributed by atoms with Gasteiger partial charge in [-0.25, -0.2) is 13.2 Å². The second-order valence-electron chi connectivity index (χ2n) is 7.70. The summed E-state index contributed by atoms with van der Waals surface area (Å²) < 4.78 is 48.3. The molecular weight excluding hydrogens is 353 g/mol. The quantitative estimate of drug-likeness (QED) is 0.698. The molecule has 2 nitrogen and oxygen atoms in total. The second-order valence-corrected chi connectivity index (χ2v) is 7.70. The lowest BCUT2D eigenvalue weighted by Gasteiger charge is -2.30. The third-order valence-corrected chi connectivity index (χ3v) is 5.93. The van der Waals surface area contributed by atoms with Crippen molar-refractivity contribution in [3.05, 3.63) is 70.0 Å². The predicted molar refractivity (Wildman–Crippen MR) is 96.0 cm³/mol. The third-order valence-electron chi connectivity index (χ3n) is 5.93. The summed E-state index contributed by atoms with van der Waals surface area (Å²) in [6.07, 6.45) is 1.83. The number of aliphatic hydroxyl groups is 1. The molecule has 1 N–H and O–H groups in total. The summed E-state index contributed by atoms with van der Waals surface area (Å²) in [5.41, 5.74) is 1.92. The van der Waals surface area contributed by atoms with E-state index < -0.39 is 17.7 Å². The van der Waals surface area contributed by atoms with Gasteiger partial charge in [0.2, 0.25) is 0 Å². The summed E-state index contributed by atoms with van der Waals surface area (Å²) in [4.78, 5) is 0. The van der Waals surface area contributed by atoms with E-state index in [1.807, 2.05) is 12.1 Å². The van der Waals surface area contributed by atoms with Crippen molar-refractivity contribution in [3.8, 4) is 0 Å². The number of epoxide rings is 1. The van der Waals surface area contributed by atoms with Crippen molar-refractivity contribution >= 4 is 0 Å². The average Bonchev–Trinajstić information content (AvgIpc) is 3.49. The van der Waals surface area contributed by atoms with E-state index in [1.165, 1.54) is 13.0 Å². The fraction of sp³-hybridized carbons (Fsp3) is 0.455. The van der Waals surface area contributed by atoms with Crippen LogP contribution in [0.4, 0.5) is 13.2 Å². The van der Waals surface area contributed by atoms with Gasteiger partial charge < -0.3 is 9.84 Å². The number of hydrogen-bond acceptors (Lipinski definition) is 2. The number of hydrogen-bond donors (Lipinski definition) is 1. The maximum atomic E-state index is 14.5. The Kier molecular flexibility index (Phi) is 4.99. The summed E-state index contributed by atoms with van der Waals surface area (Å²) >= 11 is 0. The smallest absolute Gasteiger partial charge is 0.164 e. The van der Waals surface area contributed by atoms with Crippen LogP contribution in [0.3, 0.4) is 0 Å². The summed E-state index contributed by atoms with van der Waals surface area (Å²) in [7, 11) is 0. The lowest BCUT2D eigenvalue weighted by atomic mass is 9.75. The minimum atomic E-state index is -1.05. The summed E-state index contributed by atoms with van der Waals surface area (Å²) in [5.74, 6) is -2.02. The summed E-state index contributed by atoms with van der Waals surface area (Å²) in [5, 5.41) is 9.52. The van der Waals surface area contributed by atoms with E-state index in [0.717, 1.165) is 18.4 Å². The minimum Gasteiger partial charge on any atom is -0.389 e. The van der Waals surface area contributed by atoms with E-state index in [-0.39, 0.29) is 29.3 Å². The molecule has 1 heterocycles. The van der Waals surface area contributed by atoms with Gasteiger partial charge in [-0.15, -0.1) is 0 Å². The number of aliphatic hydroxyl groups excluding tert-OH is 1. The molecule has 144 valence electrons. The van der Waals surface area contributed by atoms with Crippen molar-refractivity contribution in [1.29, 1.82) is 0 Å². The first-order chi connectivity index (χ1) is 13.0. The van der Waals surface area contributed by atoms with Crippen LogP contribution in [0, 0.1) is 17.5 Å². The normalized spacial score (nSPS) is 26.0. The van der Waals surface area contributed by atoms with Gasteiger partial charge in [0.25, 0.3) is 0 Å².